The molecule has 98 valence electrons. The van der Waals surface area contributed by atoms with E-state index < -0.39 is 0 Å². The second-order valence-corrected chi connectivity index (χ2v) is 6.59. The van der Waals surface area contributed by atoms with Crippen molar-refractivity contribution in [2.45, 2.75) is 51.2 Å². The SMILES string of the molecule is CC(C)N1CCC(CN2CC3CC(C2)N3)CC1. The molecule has 4 aliphatic heterocycles. The van der Waals surface area contributed by atoms with Gasteiger partial charge in [0.1, 0.15) is 0 Å². The van der Waals surface area contributed by atoms with Crippen LogP contribution in [-0.4, -0.2) is 60.6 Å². The Labute approximate surface area is 106 Å². The van der Waals surface area contributed by atoms with Gasteiger partial charge in [-0.25, -0.2) is 0 Å². The Balaban J connectivity index is 1.41. The minimum absolute atomic E-state index is 0.739. The zero-order valence-electron chi connectivity index (χ0n) is 11.4. The second kappa shape index (κ2) is 4.87. The summed E-state index contributed by atoms with van der Waals surface area (Å²) in [5.74, 6) is 0.961. The molecular weight excluding hydrogens is 210 g/mol. The van der Waals surface area contributed by atoms with Crippen LogP contribution in [0.4, 0.5) is 0 Å². The molecule has 2 bridgehead atoms. The van der Waals surface area contributed by atoms with Crippen molar-refractivity contribution in [1.82, 2.24) is 15.1 Å². The first kappa shape index (κ1) is 11.9. The highest BCUT2D eigenvalue weighted by molar-refractivity contribution is 4.98. The predicted molar refractivity (Wildman–Crippen MR) is 71.2 cm³/mol. The van der Waals surface area contributed by atoms with Crippen LogP contribution in [0.25, 0.3) is 0 Å². The van der Waals surface area contributed by atoms with Crippen molar-refractivity contribution < 1.29 is 0 Å². The summed E-state index contributed by atoms with van der Waals surface area (Å²) in [5, 5.41) is 3.62. The van der Waals surface area contributed by atoms with Gasteiger partial charge in [0.05, 0.1) is 0 Å². The smallest absolute Gasteiger partial charge is 0.0213 e. The van der Waals surface area contributed by atoms with E-state index in [1.165, 1.54) is 52.0 Å². The van der Waals surface area contributed by atoms with E-state index in [-0.39, 0.29) is 0 Å². The summed E-state index contributed by atoms with van der Waals surface area (Å²) in [6.07, 6.45) is 4.26. The molecular formula is C14H27N3. The zero-order chi connectivity index (χ0) is 11.8. The van der Waals surface area contributed by atoms with Gasteiger partial charge in [0.2, 0.25) is 0 Å². The van der Waals surface area contributed by atoms with E-state index in [0.29, 0.717) is 0 Å². The summed E-state index contributed by atoms with van der Waals surface area (Å²) >= 11 is 0. The van der Waals surface area contributed by atoms with E-state index in [0.717, 1.165) is 24.0 Å². The van der Waals surface area contributed by atoms with Crippen LogP contribution >= 0.6 is 0 Å². The monoisotopic (exact) mass is 237 g/mol. The number of likely N-dealkylation sites (tertiary alicyclic amines) is 1. The maximum Gasteiger partial charge on any atom is 0.0213 e. The van der Waals surface area contributed by atoms with Crippen molar-refractivity contribution in [2.24, 2.45) is 5.92 Å². The summed E-state index contributed by atoms with van der Waals surface area (Å²) in [7, 11) is 0. The van der Waals surface area contributed by atoms with Crippen molar-refractivity contribution in [2.75, 3.05) is 32.7 Å². The average Bonchev–Trinajstić information content (AvgIpc) is 2.28. The van der Waals surface area contributed by atoms with Crippen molar-refractivity contribution in [3.63, 3.8) is 0 Å². The van der Waals surface area contributed by atoms with Crippen LogP contribution in [-0.2, 0) is 0 Å². The van der Waals surface area contributed by atoms with Crippen LogP contribution in [0.15, 0.2) is 0 Å². The lowest BCUT2D eigenvalue weighted by Gasteiger charge is -2.49. The lowest BCUT2D eigenvalue weighted by Crippen LogP contribution is -2.67. The standard InChI is InChI=1S/C14H27N3/c1-11(2)17-5-3-12(4-6-17)8-16-9-13-7-14(10-16)15-13/h11-15H,3-10H2,1-2H3. The van der Waals surface area contributed by atoms with E-state index in [9.17, 15) is 0 Å². The van der Waals surface area contributed by atoms with Crippen molar-refractivity contribution in [3.05, 3.63) is 0 Å². The third kappa shape index (κ3) is 2.67. The van der Waals surface area contributed by atoms with Gasteiger partial charge in [-0.2, -0.15) is 0 Å². The van der Waals surface area contributed by atoms with Crippen LogP contribution < -0.4 is 5.32 Å². The molecule has 3 heteroatoms. The van der Waals surface area contributed by atoms with E-state index in [4.69, 9.17) is 0 Å². The van der Waals surface area contributed by atoms with Gasteiger partial charge in [-0.1, -0.05) is 0 Å². The fourth-order valence-electron chi connectivity index (χ4n) is 3.77. The Morgan fingerprint density at radius 3 is 2.24 bits per heavy atom. The van der Waals surface area contributed by atoms with Crippen molar-refractivity contribution in [1.29, 1.82) is 0 Å². The Morgan fingerprint density at radius 1 is 1.12 bits per heavy atom. The molecule has 0 aliphatic carbocycles. The molecule has 2 atom stereocenters. The lowest BCUT2D eigenvalue weighted by molar-refractivity contribution is 0.0504. The molecule has 0 aromatic heterocycles. The van der Waals surface area contributed by atoms with Crippen molar-refractivity contribution in [3.8, 4) is 0 Å². The summed E-state index contributed by atoms with van der Waals surface area (Å²) < 4.78 is 0. The molecule has 4 aliphatic rings. The lowest BCUT2D eigenvalue weighted by atomic mass is 9.89. The van der Waals surface area contributed by atoms with Crippen LogP contribution in [0.3, 0.4) is 0 Å². The highest BCUT2D eigenvalue weighted by atomic mass is 15.3. The molecule has 4 fully saturated rings. The molecule has 17 heavy (non-hydrogen) atoms. The third-order valence-corrected chi connectivity index (χ3v) is 4.89. The number of nitrogens with one attached hydrogen (secondary N) is 1. The molecule has 1 N–H and O–H groups in total. The van der Waals surface area contributed by atoms with Crippen molar-refractivity contribution >= 4 is 0 Å². The molecule has 4 rings (SSSR count). The Bertz CT molecular complexity index is 242. The number of piperazine rings is 1. The zero-order valence-corrected chi connectivity index (χ0v) is 11.4. The van der Waals surface area contributed by atoms with Crippen LogP contribution in [0.2, 0.25) is 0 Å². The minimum Gasteiger partial charge on any atom is -0.309 e. The van der Waals surface area contributed by atoms with Gasteiger partial charge in [0.25, 0.3) is 0 Å². The first-order valence-electron chi connectivity index (χ1n) is 7.43. The maximum atomic E-state index is 3.62. The molecule has 0 spiro atoms. The van der Waals surface area contributed by atoms with Crippen LogP contribution in [0.5, 0.6) is 0 Å². The minimum atomic E-state index is 0.739. The number of hydrogen-bond acceptors (Lipinski definition) is 3. The number of piperidine rings is 2. The first-order chi connectivity index (χ1) is 8.20. The van der Waals surface area contributed by atoms with Gasteiger partial charge in [0.15, 0.2) is 0 Å². The summed E-state index contributed by atoms with van der Waals surface area (Å²) in [5.41, 5.74) is 0. The largest absolute Gasteiger partial charge is 0.309 e. The molecule has 0 amide bonds. The van der Waals surface area contributed by atoms with Gasteiger partial charge in [-0.3, -0.25) is 4.90 Å². The maximum absolute atomic E-state index is 3.62. The Kier molecular flexibility index (Phi) is 3.42. The van der Waals surface area contributed by atoms with Gasteiger partial charge in [0, 0.05) is 37.8 Å². The Morgan fingerprint density at radius 2 is 1.71 bits per heavy atom. The topological polar surface area (TPSA) is 18.5 Å². The average molecular weight is 237 g/mol. The van der Waals surface area contributed by atoms with Gasteiger partial charge in [-0.05, 0) is 52.1 Å². The first-order valence-corrected chi connectivity index (χ1v) is 7.43. The van der Waals surface area contributed by atoms with Gasteiger partial charge in [-0.15, -0.1) is 0 Å². The molecule has 0 radical (unpaired) electrons. The van der Waals surface area contributed by atoms with Crippen LogP contribution in [0, 0.1) is 5.92 Å². The molecule has 4 heterocycles. The molecule has 3 nitrogen and oxygen atoms in total. The molecule has 2 unspecified atom stereocenters. The molecule has 0 aromatic carbocycles. The predicted octanol–water partition coefficient (Wildman–Crippen LogP) is 1.15. The fraction of sp³-hybridized carbons (Fsp3) is 1.00. The van der Waals surface area contributed by atoms with E-state index in [2.05, 4.69) is 29.0 Å². The van der Waals surface area contributed by atoms with Gasteiger partial charge >= 0.3 is 0 Å². The fourth-order valence-corrected chi connectivity index (χ4v) is 3.77. The summed E-state index contributed by atoms with van der Waals surface area (Å²) in [6, 6.07) is 2.39. The Hall–Kier alpha value is -0.120. The highest BCUT2D eigenvalue weighted by Crippen LogP contribution is 2.25. The van der Waals surface area contributed by atoms with E-state index in [1.54, 1.807) is 0 Å². The highest BCUT2D eigenvalue weighted by Gasteiger charge is 2.37. The number of nitrogens with zero attached hydrogens (tertiary/aromatic N) is 2. The molecule has 0 saturated carbocycles. The number of hydrogen-bond donors (Lipinski definition) is 1. The normalized spacial score (nSPS) is 36.2. The summed E-state index contributed by atoms with van der Waals surface area (Å²) in [4.78, 5) is 5.34. The quantitative estimate of drug-likeness (QED) is 0.794. The summed E-state index contributed by atoms with van der Waals surface area (Å²) in [6.45, 7) is 11.3. The molecule has 0 aromatic rings. The molecule has 4 saturated heterocycles. The van der Waals surface area contributed by atoms with Gasteiger partial charge < -0.3 is 10.2 Å². The number of rotatable bonds is 3. The second-order valence-electron chi connectivity index (χ2n) is 6.59. The van der Waals surface area contributed by atoms with E-state index >= 15 is 0 Å². The van der Waals surface area contributed by atoms with Crippen LogP contribution in [0.1, 0.15) is 33.1 Å². The number of fused-ring (bicyclic) bond motifs is 2. The van der Waals surface area contributed by atoms with E-state index in [1.807, 2.05) is 0 Å². The third-order valence-electron chi connectivity index (χ3n) is 4.89.